The third-order valence-corrected chi connectivity index (χ3v) is 6.13. The zero-order chi connectivity index (χ0) is 20.7. The molecule has 0 fully saturated rings. The number of benzene rings is 2. The van der Waals surface area contributed by atoms with Gasteiger partial charge < -0.3 is 5.11 Å². The van der Waals surface area contributed by atoms with Gasteiger partial charge in [-0.25, -0.2) is 0 Å². The van der Waals surface area contributed by atoms with Crippen LogP contribution < -0.4 is 0 Å². The number of aryl methyl sites for hydroxylation is 2. The Hall–Kier alpha value is -1.76. The minimum Gasteiger partial charge on any atom is -0.508 e. The van der Waals surface area contributed by atoms with E-state index in [9.17, 15) is 5.11 Å². The summed E-state index contributed by atoms with van der Waals surface area (Å²) in [4.78, 5) is 0. The van der Waals surface area contributed by atoms with Crippen LogP contribution in [-0.4, -0.2) is 5.11 Å². The van der Waals surface area contributed by atoms with Gasteiger partial charge in [0.05, 0.1) is 0 Å². The Morgan fingerprint density at radius 1 is 0.655 bits per heavy atom. The lowest BCUT2D eigenvalue weighted by molar-refractivity contribution is 0.401. The van der Waals surface area contributed by atoms with Crippen molar-refractivity contribution in [2.45, 2.75) is 97.3 Å². The van der Waals surface area contributed by atoms with E-state index in [1.54, 1.807) is 0 Å². The highest BCUT2D eigenvalue weighted by Gasteiger charge is 2.10. The van der Waals surface area contributed by atoms with Crippen molar-refractivity contribution >= 4 is 0 Å². The Balaban J connectivity index is 1.67. The quantitative estimate of drug-likeness (QED) is 0.301. The SMILES string of the molecule is CCCCCCCC(CCCCCCc1ccc(C)cc1)Cc1ccc(O)cc1. The minimum absolute atomic E-state index is 0.374. The van der Waals surface area contributed by atoms with Gasteiger partial charge in [-0.3, -0.25) is 0 Å². The van der Waals surface area contributed by atoms with Crippen LogP contribution >= 0.6 is 0 Å². The summed E-state index contributed by atoms with van der Waals surface area (Å²) in [5, 5.41) is 9.53. The first kappa shape index (κ1) is 23.5. The van der Waals surface area contributed by atoms with E-state index >= 15 is 0 Å². The first-order valence-electron chi connectivity index (χ1n) is 12.0. The maximum atomic E-state index is 9.53. The van der Waals surface area contributed by atoms with Gasteiger partial charge in [0.15, 0.2) is 0 Å². The van der Waals surface area contributed by atoms with Crippen LogP contribution in [0, 0.1) is 12.8 Å². The molecule has 0 spiro atoms. The number of unbranched alkanes of at least 4 members (excludes halogenated alkanes) is 7. The summed E-state index contributed by atoms with van der Waals surface area (Å²) < 4.78 is 0. The molecule has 1 unspecified atom stereocenters. The van der Waals surface area contributed by atoms with Gasteiger partial charge in [-0.15, -0.1) is 0 Å². The summed E-state index contributed by atoms with van der Waals surface area (Å²) in [7, 11) is 0. The van der Waals surface area contributed by atoms with E-state index < -0.39 is 0 Å². The van der Waals surface area contributed by atoms with Crippen molar-refractivity contribution in [3.63, 3.8) is 0 Å². The highest BCUT2D eigenvalue weighted by molar-refractivity contribution is 5.26. The smallest absolute Gasteiger partial charge is 0.115 e. The average molecular weight is 395 g/mol. The van der Waals surface area contributed by atoms with Crippen molar-refractivity contribution in [1.29, 1.82) is 0 Å². The van der Waals surface area contributed by atoms with Crippen LogP contribution in [0.5, 0.6) is 5.75 Å². The molecule has 1 heteroatoms. The summed E-state index contributed by atoms with van der Waals surface area (Å²) in [6.07, 6.45) is 17.3. The second kappa shape index (κ2) is 14.3. The number of hydrogen-bond donors (Lipinski definition) is 1. The number of aromatic hydroxyl groups is 1. The predicted molar refractivity (Wildman–Crippen MR) is 127 cm³/mol. The van der Waals surface area contributed by atoms with E-state index in [4.69, 9.17) is 0 Å². The molecular weight excluding hydrogens is 352 g/mol. The summed E-state index contributed by atoms with van der Waals surface area (Å²) >= 11 is 0. The topological polar surface area (TPSA) is 20.2 Å². The molecule has 160 valence electrons. The predicted octanol–water partition coefficient (Wildman–Crippen LogP) is 8.41. The molecule has 29 heavy (non-hydrogen) atoms. The minimum atomic E-state index is 0.374. The van der Waals surface area contributed by atoms with Crippen LogP contribution in [-0.2, 0) is 12.8 Å². The molecule has 0 radical (unpaired) electrons. The molecular formula is C28H42O. The molecule has 0 heterocycles. The molecule has 0 aliphatic heterocycles. The van der Waals surface area contributed by atoms with Crippen LogP contribution in [0.15, 0.2) is 48.5 Å². The van der Waals surface area contributed by atoms with Gasteiger partial charge in [-0.2, -0.15) is 0 Å². The molecule has 0 bridgehead atoms. The third-order valence-electron chi connectivity index (χ3n) is 6.13. The zero-order valence-corrected chi connectivity index (χ0v) is 18.8. The third kappa shape index (κ3) is 10.5. The van der Waals surface area contributed by atoms with Gasteiger partial charge >= 0.3 is 0 Å². The van der Waals surface area contributed by atoms with E-state index in [1.807, 2.05) is 12.1 Å². The highest BCUT2D eigenvalue weighted by Crippen LogP contribution is 2.24. The normalized spacial score (nSPS) is 12.2. The number of phenolic OH excluding ortho intramolecular Hbond substituents is 1. The van der Waals surface area contributed by atoms with Crippen LogP contribution in [0.2, 0.25) is 0 Å². The molecule has 0 amide bonds. The van der Waals surface area contributed by atoms with E-state index in [0.29, 0.717) is 5.75 Å². The molecule has 0 aliphatic rings. The Morgan fingerprint density at radius 3 is 1.83 bits per heavy atom. The lowest BCUT2D eigenvalue weighted by Crippen LogP contribution is -2.05. The lowest BCUT2D eigenvalue weighted by atomic mass is 9.88. The average Bonchev–Trinajstić information content (AvgIpc) is 2.73. The van der Waals surface area contributed by atoms with Crippen molar-refractivity contribution in [3.8, 4) is 5.75 Å². The summed E-state index contributed by atoms with van der Waals surface area (Å²) in [5.74, 6) is 1.16. The van der Waals surface area contributed by atoms with Crippen molar-refractivity contribution in [2.75, 3.05) is 0 Å². The molecule has 2 aromatic rings. The van der Waals surface area contributed by atoms with Gasteiger partial charge in [0.1, 0.15) is 5.75 Å². The van der Waals surface area contributed by atoms with Gasteiger partial charge in [-0.1, -0.05) is 113 Å². The molecule has 0 saturated heterocycles. The van der Waals surface area contributed by atoms with Crippen LogP contribution in [0.1, 0.15) is 94.2 Å². The molecule has 1 nitrogen and oxygen atoms in total. The Morgan fingerprint density at radius 2 is 1.21 bits per heavy atom. The van der Waals surface area contributed by atoms with Crippen molar-refractivity contribution in [2.24, 2.45) is 5.92 Å². The van der Waals surface area contributed by atoms with E-state index in [2.05, 4.69) is 50.2 Å². The first-order valence-corrected chi connectivity index (χ1v) is 12.0. The fraction of sp³-hybridized carbons (Fsp3) is 0.571. The largest absolute Gasteiger partial charge is 0.508 e. The Labute approximate surface area is 179 Å². The summed E-state index contributed by atoms with van der Waals surface area (Å²) in [6.45, 7) is 4.44. The molecule has 1 atom stereocenters. The molecule has 0 aliphatic carbocycles. The van der Waals surface area contributed by atoms with E-state index in [-0.39, 0.29) is 0 Å². The number of rotatable bonds is 15. The Bertz CT molecular complexity index is 641. The van der Waals surface area contributed by atoms with Crippen molar-refractivity contribution in [1.82, 2.24) is 0 Å². The molecule has 1 N–H and O–H groups in total. The van der Waals surface area contributed by atoms with Crippen LogP contribution in [0.25, 0.3) is 0 Å². The van der Waals surface area contributed by atoms with E-state index in [0.717, 1.165) is 12.3 Å². The molecule has 2 rings (SSSR count). The van der Waals surface area contributed by atoms with Gasteiger partial charge in [-0.05, 0) is 55.4 Å². The fourth-order valence-corrected chi connectivity index (χ4v) is 4.22. The van der Waals surface area contributed by atoms with Gasteiger partial charge in [0, 0.05) is 0 Å². The van der Waals surface area contributed by atoms with Gasteiger partial charge in [0.25, 0.3) is 0 Å². The highest BCUT2D eigenvalue weighted by atomic mass is 16.3. The summed E-state index contributed by atoms with van der Waals surface area (Å²) in [5.41, 5.74) is 4.21. The van der Waals surface area contributed by atoms with Gasteiger partial charge in [0.2, 0.25) is 0 Å². The summed E-state index contributed by atoms with van der Waals surface area (Å²) in [6, 6.07) is 16.9. The molecule has 0 aromatic heterocycles. The second-order valence-electron chi connectivity index (χ2n) is 8.88. The zero-order valence-electron chi connectivity index (χ0n) is 18.8. The maximum absolute atomic E-state index is 9.53. The molecule has 0 saturated carbocycles. The molecule has 2 aromatic carbocycles. The standard InChI is InChI=1S/C28H42O/c1-3-4-5-6-10-13-26(23-27-19-21-28(29)22-20-27)14-11-8-7-9-12-25-17-15-24(2)16-18-25/h15-22,26,29H,3-14,23H2,1-2H3. The van der Waals surface area contributed by atoms with Crippen molar-refractivity contribution < 1.29 is 5.11 Å². The number of hydrogen-bond acceptors (Lipinski definition) is 1. The Kier molecular flexibility index (Phi) is 11.6. The van der Waals surface area contributed by atoms with Crippen LogP contribution in [0.3, 0.4) is 0 Å². The number of phenols is 1. The fourth-order valence-electron chi connectivity index (χ4n) is 4.22. The second-order valence-corrected chi connectivity index (χ2v) is 8.88. The first-order chi connectivity index (χ1) is 14.2. The van der Waals surface area contributed by atoms with Crippen LogP contribution in [0.4, 0.5) is 0 Å². The van der Waals surface area contributed by atoms with Crippen molar-refractivity contribution in [3.05, 3.63) is 65.2 Å². The maximum Gasteiger partial charge on any atom is 0.115 e. The monoisotopic (exact) mass is 394 g/mol. The van der Waals surface area contributed by atoms with E-state index in [1.165, 1.54) is 93.7 Å². The lowest BCUT2D eigenvalue weighted by Gasteiger charge is -2.17.